The molecule has 0 amide bonds. The Labute approximate surface area is 117 Å². The molecule has 1 aromatic carbocycles. The Bertz CT molecular complexity index is 602. The summed E-state index contributed by atoms with van der Waals surface area (Å²) in [5.41, 5.74) is 2.51. The third-order valence-electron chi connectivity index (χ3n) is 3.38. The van der Waals surface area contributed by atoms with Crippen LogP contribution in [0.15, 0.2) is 22.6 Å². The van der Waals surface area contributed by atoms with Crippen molar-refractivity contribution >= 4 is 11.6 Å². The van der Waals surface area contributed by atoms with Gasteiger partial charge in [0.25, 0.3) is 0 Å². The number of hydrogen-bond donors (Lipinski definition) is 1. The minimum Gasteiger partial charge on any atom is -0.495 e. The topological polar surface area (TPSA) is 42.6 Å². The van der Waals surface area contributed by atoms with Gasteiger partial charge in [0.1, 0.15) is 23.4 Å². The second kappa shape index (κ2) is 5.27. The van der Waals surface area contributed by atoms with Crippen molar-refractivity contribution in [1.29, 1.82) is 0 Å². The van der Waals surface area contributed by atoms with Gasteiger partial charge in [0, 0.05) is 5.56 Å². The van der Waals surface area contributed by atoms with Crippen molar-refractivity contribution < 1.29 is 14.3 Å². The smallest absolute Gasteiger partial charge is 0.137 e. The van der Waals surface area contributed by atoms with Gasteiger partial charge in [-0.1, -0.05) is 17.7 Å². The Morgan fingerprint density at radius 1 is 1.21 bits per heavy atom. The molecule has 102 valence electrons. The summed E-state index contributed by atoms with van der Waals surface area (Å²) in [4.78, 5) is 0. The molecule has 3 nitrogen and oxygen atoms in total. The molecule has 1 atom stereocenters. The van der Waals surface area contributed by atoms with E-state index in [-0.39, 0.29) is 0 Å². The van der Waals surface area contributed by atoms with E-state index in [0.717, 1.165) is 28.2 Å². The van der Waals surface area contributed by atoms with E-state index in [1.807, 2.05) is 20.8 Å². The third kappa shape index (κ3) is 2.48. The number of aliphatic hydroxyl groups excluding tert-OH is 1. The number of aliphatic hydroxyl groups is 1. The van der Waals surface area contributed by atoms with E-state index in [4.69, 9.17) is 20.8 Å². The quantitative estimate of drug-likeness (QED) is 0.926. The molecular weight excluding hydrogens is 264 g/mol. The van der Waals surface area contributed by atoms with Gasteiger partial charge in [0.15, 0.2) is 0 Å². The van der Waals surface area contributed by atoms with Crippen molar-refractivity contribution in [3.63, 3.8) is 0 Å². The molecule has 0 aliphatic rings. The van der Waals surface area contributed by atoms with Crippen LogP contribution in [0.4, 0.5) is 0 Å². The third-order valence-corrected chi connectivity index (χ3v) is 3.69. The monoisotopic (exact) mass is 280 g/mol. The number of ether oxygens (including phenoxy) is 1. The zero-order valence-electron chi connectivity index (χ0n) is 11.5. The van der Waals surface area contributed by atoms with Crippen LogP contribution in [0.5, 0.6) is 5.75 Å². The molecule has 1 heterocycles. The van der Waals surface area contributed by atoms with E-state index in [2.05, 4.69) is 0 Å². The maximum atomic E-state index is 10.5. The van der Waals surface area contributed by atoms with E-state index in [0.29, 0.717) is 10.8 Å². The van der Waals surface area contributed by atoms with Gasteiger partial charge in [0.05, 0.1) is 12.1 Å². The molecule has 2 rings (SSSR count). The number of rotatable bonds is 3. The first-order valence-electron chi connectivity index (χ1n) is 6.03. The van der Waals surface area contributed by atoms with Gasteiger partial charge >= 0.3 is 0 Å². The van der Waals surface area contributed by atoms with Crippen molar-refractivity contribution in [3.05, 3.63) is 51.4 Å². The lowest BCUT2D eigenvalue weighted by Gasteiger charge is -2.13. The number of furan rings is 1. The zero-order chi connectivity index (χ0) is 14.2. The average Bonchev–Trinajstić information content (AvgIpc) is 2.63. The molecule has 0 bridgehead atoms. The van der Waals surface area contributed by atoms with E-state index < -0.39 is 6.10 Å². The maximum absolute atomic E-state index is 10.5. The highest BCUT2D eigenvalue weighted by molar-refractivity contribution is 6.32. The second-order valence-electron chi connectivity index (χ2n) is 4.55. The summed E-state index contributed by atoms with van der Waals surface area (Å²) in [5.74, 6) is 2.11. The Morgan fingerprint density at radius 2 is 1.89 bits per heavy atom. The van der Waals surface area contributed by atoms with Crippen molar-refractivity contribution in [2.75, 3.05) is 7.11 Å². The number of benzene rings is 1. The van der Waals surface area contributed by atoms with Crippen LogP contribution < -0.4 is 4.74 Å². The second-order valence-corrected chi connectivity index (χ2v) is 4.96. The lowest BCUT2D eigenvalue weighted by molar-refractivity contribution is 0.217. The molecule has 0 aliphatic carbocycles. The standard InChI is InChI=1S/C15H17ClO3/c1-8-9(2)19-10(3)14(8)15(17)11-5-6-12(16)13(7-11)18-4/h5-7,15,17H,1-4H3. The highest BCUT2D eigenvalue weighted by atomic mass is 35.5. The van der Waals surface area contributed by atoms with Crippen LogP contribution in [0.1, 0.15) is 34.3 Å². The maximum Gasteiger partial charge on any atom is 0.137 e. The molecule has 0 radical (unpaired) electrons. The average molecular weight is 281 g/mol. The first-order chi connectivity index (χ1) is 8.95. The summed E-state index contributed by atoms with van der Waals surface area (Å²) in [7, 11) is 1.55. The summed E-state index contributed by atoms with van der Waals surface area (Å²) in [5, 5.41) is 11.0. The molecule has 0 spiro atoms. The summed E-state index contributed by atoms with van der Waals surface area (Å²) in [6.45, 7) is 5.68. The van der Waals surface area contributed by atoms with E-state index in [1.54, 1.807) is 25.3 Å². The largest absolute Gasteiger partial charge is 0.495 e. The summed E-state index contributed by atoms with van der Waals surface area (Å²) >= 11 is 5.99. The highest BCUT2D eigenvalue weighted by Gasteiger charge is 2.21. The fourth-order valence-electron chi connectivity index (χ4n) is 2.23. The van der Waals surface area contributed by atoms with Crippen LogP contribution in [0.2, 0.25) is 5.02 Å². The predicted molar refractivity (Wildman–Crippen MR) is 75.0 cm³/mol. The molecule has 2 aromatic rings. The Kier molecular flexibility index (Phi) is 3.88. The molecule has 1 aromatic heterocycles. The van der Waals surface area contributed by atoms with Gasteiger partial charge in [0.2, 0.25) is 0 Å². The van der Waals surface area contributed by atoms with Crippen LogP contribution in [-0.4, -0.2) is 12.2 Å². The fraction of sp³-hybridized carbons (Fsp3) is 0.333. The van der Waals surface area contributed by atoms with Gasteiger partial charge in [-0.2, -0.15) is 0 Å². The zero-order valence-corrected chi connectivity index (χ0v) is 12.2. The molecule has 1 unspecified atom stereocenters. The van der Waals surface area contributed by atoms with Crippen LogP contribution in [0.25, 0.3) is 0 Å². The first-order valence-corrected chi connectivity index (χ1v) is 6.41. The molecule has 1 N–H and O–H groups in total. The Hall–Kier alpha value is -1.45. The van der Waals surface area contributed by atoms with E-state index in [1.165, 1.54) is 0 Å². The number of halogens is 1. The molecule has 19 heavy (non-hydrogen) atoms. The molecular formula is C15H17ClO3. The van der Waals surface area contributed by atoms with E-state index in [9.17, 15) is 5.11 Å². The van der Waals surface area contributed by atoms with Crippen LogP contribution in [0.3, 0.4) is 0 Å². The summed E-state index contributed by atoms with van der Waals surface area (Å²) in [6.07, 6.45) is -0.747. The minimum atomic E-state index is -0.747. The SMILES string of the molecule is COc1cc(C(O)c2c(C)oc(C)c2C)ccc1Cl. The van der Waals surface area contributed by atoms with Crippen molar-refractivity contribution in [2.24, 2.45) is 0 Å². The molecule has 0 saturated carbocycles. The molecule has 0 saturated heterocycles. The summed E-state index contributed by atoms with van der Waals surface area (Å²) < 4.78 is 10.7. The molecule has 0 aliphatic heterocycles. The molecule has 4 heteroatoms. The van der Waals surface area contributed by atoms with Gasteiger partial charge in [-0.3, -0.25) is 0 Å². The number of aryl methyl sites for hydroxylation is 2. The number of methoxy groups -OCH3 is 1. The van der Waals surface area contributed by atoms with E-state index >= 15 is 0 Å². The Balaban J connectivity index is 2.46. The van der Waals surface area contributed by atoms with Gasteiger partial charge in [-0.05, 0) is 44.0 Å². The van der Waals surface area contributed by atoms with Gasteiger partial charge < -0.3 is 14.3 Å². The van der Waals surface area contributed by atoms with Crippen LogP contribution in [-0.2, 0) is 0 Å². The van der Waals surface area contributed by atoms with Gasteiger partial charge in [-0.25, -0.2) is 0 Å². The van der Waals surface area contributed by atoms with Gasteiger partial charge in [-0.15, -0.1) is 0 Å². The summed E-state index contributed by atoms with van der Waals surface area (Å²) in [6, 6.07) is 5.25. The molecule has 0 fully saturated rings. The predicted octanol–water partition coefficient (Wildman–Crippen LogP) is 3.95. The van der Waals surface area contributed by atoms with Crippen molar-refractivity contribution in [2.45, 2.75) is 26.9 Å². The normalized spacial score (nSPS) is 12.5. The van der Waals surface area contributed by atoms with Crippen LogP contribution >= 0.6 is 11.6 Å². The van der Waals surface area contributed by atoms with Crippen molar-refractivity contribution in [1.82, 2.24) is 0 Å². The number of hydrogen-bond acceptors (Lipinski definition) is 3. The fourth-order valence-corrected chi connectivity index (χ4v) is 2.42. The lowest BCUT2D eigenvalue weighted by atomic mass is 9.98. The highest BCUT2D eigenvalue weighted by Crippen LogP contribution is 2.34. The van der Waals surface area contributed by atoms with Crippen molar-refractivity contribution in [3.8, 4) is 5.75 Å². The Morgan fingerprint density at radius 3 is 2.42 bits per heavy atom. The van der Waals surface area contributed by atoms with Crippen LogP contribution in [0, 0.1) is 20.8 Å². The minimum absolute atomic E-state index is 0.523. The first kappa shape index (κ1) is 14.0. The lowest BCUT2D eigenvalue weighted by Crippen LogP contribution is -2.02.